The molecule has 0 atom stereocenters. The lowest BCUT2D eigenvalue weighted by atomic mass is 10.2. The van der Waals surface area contributed by atoms with E-state index in [1.165, 1.54) is 50.6 Å². The number of esters is 2. The fraction of sp³-hybridized carbons (Fsp3) is 0.158. The molecule has 0 bridgehead atoms. The highest BCUT2D eigenvalue weighted by atomic mass is 19.3. The van der Waals surface area contributed by atoms with Crippen LogP contribution < -0.4 is 14.2 Å². The second-order valence-corrected chi connectivity index (χ2v) is 5.03. The maximum Gasteiger partial charge on any atom is 0.387 e. The zero-order chi connectivity index (χ0) is 19.8. The van der Waals surface area contributed by atoms with Crippen LogP contribution in [-0.4, -0.2) is 32.8 Å². The van der Waals surface area contributed by atoms with Crippen molar-refractivity contribution in [3.05, 3.63) is 59.7 Å². The van der Waals surface area contributed by atoms with E-state index < -0.39 is 18.6 Å². The molecule has 0 aromatic heterocycles. The summed E-state index contributed by atoms with van der Waals surface area (Å²) in [5.41, 5.74) is 0.601. The molecule has 0 spiro atoms. The van der Waals surface area contributed by atoms with Crippen molar-refractivity contribution in [1.82, 2.24) is 0 Å². The molecule has 2 rings (SSSR count). The number of hydrogen-bond acceptors (Lipinski definition) is 6. The first-order chi connectivity index (χ1) is 12.9. The molecule has 0 unspecified atom stereocenters. The monoisotopic (exact) mass is 378 g/mol. The van der Waals surface area contributed by atoms with Crippen molar-refractivity contribution in [2.45, 2.75) is 6.61 Å². The Hall–Kier alpha value is -3.42. The quantitative estimate of drug-likeness (QED) is 0.416. The third-order valence-electron chi connectivity index (χ3n) is 3.32. The average Bonchev–Trinajstić information content (AvgIpc) is 2.66. The van der Waals surface area contributed by atoms with Crippen LogP contribution in [0.2, 0.25) is 0 Å². The Labute approximate surface area is 153 Å². The van der Waals surface area contributed by atoms with E-state index in [4.69, 9.17) is 9.47 Å². The van der Waals surface area contributed by atoms with Crippen LogP contribution in [0.5, 0.6) is 17.2 Å². The number of halogens is 2. The van der Waals surface area contributed by atoms with Gasteiger partial charge in [-0.1, -0.05) is 18.2 Å². The number of para-hydroxylation sites is 1. The number of carbonyl (C=O) groups is 2. The molecule has 8 heteroatoms. The highest BCUT2D eigenvalue weighted by molar-refractivity contribution is 5.95. The summed E-state index contributed by atoms with van der Waals surface area (Å²) in [6.07, 6.45) is 2.52. The van der Waals surface area contributed by atoms with Crippen LogP contribution in [0.25, 0.3) is 6.08 Å². The Bertz CT molecular complexity index is 848. The summed E-state index contributed by atoms with van der Waals surface area (Å²) in [7, 11) is 2.52. The number of benzene rings is 2. The van der Waals surface area contributed by atoms with Crippen LogP contribution in [0.3, 0.4) is 0 Å². The highest BCUT2D eigenvalue weighted by Crippen LogP contribution is 2.30. The second kappa shape index (κ2) is 9.33. The summed E-state index contributed by atoms with van der Waals surface area (Å²) in [5.74, 6) is -1.36. The molecular formula is C19H16F2O6. The predicted molar refractivity (Wildman–Crippen MR) is 92.1 cm³/mol. The molecule has 0 N–H and O–H groups in total. The van der Waals surface area contributed by atoms with Gasteiger partial charge in [-0.15, -0.1) is 0 Å². The summed E-state index contributed by atoms with van der Waals surface area (Å²) in [5, 5.41) is 0. The average molecular weight is 378 g/mol. The minimum Gasteiger partial charge on any atom is -0.493 e. The zero-order valence-corrected chi connectivity index (χ0v) is 14.5. The summed E-state index contributed by atoms with van der Waals surface area (Å²) in [6.45, 7) is -2.98. The molecule has 0 heterocycles. The molecule has 2 aromatic rings. The first-order valence-electron chi connectivity index (χ1n) is 7.64. The molecule has 2 aromatic carbocycles. The molecule has 0 fully saturated rings. The van der Waals surface area contributed by atoms with E-state index in [9.17, 15) is 18.4 Å². The van der Waals surface area contributed by atoms with E-state index in [1.54, 1.807) is 12.1 Å². The molecular weight excluding hydrogens is 362 g/mol. The van der Waals surface area contributed by atoms with Gasteiger partial charge in [0.25, 0.3) is 0 Å². The normalized spacial score (nSPS) is 10.7. The second-order valence-electron chi connectivity index (χ2n) is 5.03. The molecule has 0 aliphatic carbocycles. The van der Waals surface area contributed by atoms with Crippen LogP contribution in [0.4, 0.5) is 8.78 Å². The lowest BCUT2D eigenvalue weighted by molar-refractivity contribution is -0.128. The Morgan fingerprint density at radius 3 is 2.41 bits per heavy atom. The molecule has 0 saturated carbocycles. The van der Waals surface area contributed by atoms with Crippen LogP contribution in [0.15, 0.2) is 48.5 Å². The van der Waals surface area contributed by atoms with Gasteiger partial charge in [-0.05, 0) is 35.9 Å². The number of carbonyl (C=O) groups excluding carboxylic acids is 2. The minimum atomic E-state index is -2.98. The third-order valence-corrected chi connectivity index (χ3v) is 3.32. The Morgan fingerprint density at radius 2 is 1.74 bits per heavy atom. The summed E-state index contributed by atoms with van der Waals surface area (Å²) in [6, 6.07) is 10.3. The first-order valence-corrected chi connectivity index (χ1v) is 7.64. The maximum absolute atomic E-state index is 12.3. The van der Waals surface area contributed by atoms with E-state index >= 15 is 0 Å². The lowest BCUT2D eigenvalue weighted by Gasteiger charge is -2.10. The Morgan fingerprint density at radius 1 is 1.00 bits per heavy atom. The van der Waals surface area contributed by atoms with Gasteiger partial charge in [0.05, 0.1) is 14.2 Å². The Kier molecular flexibility index (Phi) is 6.87. The Balaban J connectivity index is 2.12. The van der Waals surface area contributed by atoms with E-state index in [-0.39, 0.29) is 22.8 Å². The van der Waals surface area contributed by atoms with Gasteiger partial charge in [0.1, 0.15) is 11.3 Å². The molecule has 6 nitrogen and oxygen atoms in total. The number of rotatable bonds is 7. The van der Waals surface area contributed by atoms with Gasteiger partial charge in [0.2, 0.25) is 0 Å². The van der Waals surface area contributed by atoms with Crippen molar-refractivity contribution in [2.24, 2.45) is 0 Å². The van der Waals surface area contributed by atoms with E-state index in [0.717, 1.165) is 6.08 Å². The predicted octanol–water partition coefficient (Wildman–Crippen LogP) is 3.70. The largest absolute Gasteiger partial charge is 0.493 e. The SMILES string of the molecule is COC(=O)c1ccccc1OC(=O)/C=C/c1ccc(OC(F)F)c(OC)c1. The van der Waals surface area contributed by atoms with Gasteiger partial charge in [0, 0.05) is 6.08 Å². The minimum absolute atomic E-state index is 0.0530. The molecule has 0 saturated heterocycles. The maximum atomic E-state index is 12.3. The van der Waals surface area contributed by atoms with Crippen molar-refractivity contribution in [3.8, 4) is 17.2 Å². The zero-order valence-electron chi connectivity index (χ0n) is 14.5. The van der Waals surface area contributed by atoms with Gasteiger partial charge in [-0.25, -0.2) is 9.59 Å². The smallest absolute Gasteiger partial charge is 0.387 e. The van der Waals surface area contributed by atoms with E-state index in [1.807, 2.05) is 0 Å². The van der Waals surface area contributed by atoms with Gasteiger partial charge in [-0.2, -0.15) is 8.78 Å². The van der Waals surface area contributed by atoms with Crippen LogP contribution in [0, 0.1) is 0 Å². The van der Waals surface area contributed by atoms with Crippen molar-refractivity contribution in [1.29, 1.82) is 0 Å². The van der Waals surface area contributed by atoms with Crippen molar-refractivity contribution < 1.29 is 37.3 Å². The van der Waals surface area contributed by atoms with Gasteiger partial charge in [0.15, 0.2) is 11.5 Å². The molecule has 0 radical (unpaired) electrons. The molecule has 0 aliphatic heterocycles. The van der Waals surface area contributed by atoms with Crippen molar-refractivity contribution >= 4 is 18.0 Å². The number of ether oxygens (including phenoxy) is 4. The summed E-state index contributed by atoms with van der Waals surface area (Å²) >= 11 is 0. The molecule has 27 heavy (non-hydrogen) atoms. The van der Waals surface area contributed by atoms with E-state index in [2.05, 4.69) is 9.47 Å². The summed E-state index contributed by atoms with van der Waals surface area (Å²) < 4.78 is 43.7. The molecule has 0 aliphatic rings. The molecule has 142 valence electrons. The van der Waals surface area contributed by atoms with Gasteiger partial charge in [-0.3, -0.25) is 0 Å². The topological polar surface area (TPSA) is 71.1 Å². The van der Waals surface area contributed by atoms with Crippen molar-refractivity contribution in [3.63, 3.8) is 0 Å². The first kappa shape index (κ1) is 19.9. The number of methoxy groups -OCH3 is 2. The fourth-order valence-electron chi connectivity index (χ4n) is 2.12. The molecule has 0 amide bonds. The van der Waals surface area contributed by atoms with Crippen LogP contribution in [0.1, 0.15) is 15.9 Å². The number of hydrogen-bond donors (Lipinski definition) is 0. The standard InChI is InChI=1S/C19H16F2O6/c1-24-16-11-12(7-9-15(16)27-19(20)21)8-10-17(22)26-14-6-4-3-5-13(14)18(23)25-2/h3-11,19H,1-2H3/b10-8+. The highest BCUT2D eigenvalue weighted by Gasteiger charge is 2.14. The van der Waals surface area contributed by atoms with Crippen LogP contribution in [-0.2, 0) is 9.53 Å². The number of alkyl halides is 2. The fourth-order valence-corrected chi connectivity index (χ4v) is 2.12. The van der Waals surface area contributed by atoms with E-state index in [0.29, 0.717) is 5.56 Å². The van der Waals surface area contributed by atoms with Crippen molar-refractivity contribution in [2.75, 3.05) is 14.2 Å². The summed E-state index contributed by atoms with van der Waals surface area (Å²) in [4.78, 5) is 23.7. The van der Waals surface area contributed by atoms with Gasteiger partial charge < -0.3 is 18.9 Å². The third kappa shape index (κ3) is 5.53. The van der Waals surface area contributed by atoms with Crippen LogP contribution >= 0.6 is 0 Å². The van der Waals surface area contributed by atoms with Gasteiger partial charge >= 0.3 is 18.6 Å². The lowest BCUT2D eigenvalue weighted by Crippen LogP contribution is -2.09.